The molecule has 176 valence electrons. The molecule has 0 aliphatic rings. The van der Waals surface area contributed by atoms with Crippen LogP contribution in [-0.4, -0.2) is 18.4 Å². The fourth-order valence-corrected chi connectivity index (χ4v) is 5.10. The van der Waals surface area contributed by atoms with Crippen LogP contribution in [0.3, 0.4) is 0 Å². The molecule has 1 heterocycles. The first-order chi connectivity index (χ1) is 15.9. The van der Waals surface area contributed by atoms with Gasteiger partial charge in [0.2, 0.25) is 0 Å². The van der Waals surface area contributed by atoms with Crippen molar-refractivity contribution in [3.63, 3.8) is 0 Å². The van der Waals surface area contributed by atoms with Gasteiger partial charge in [-0.2, -0.15) is 13.2 Å². The zero-order chi connectivity index (χ0) is 24.8. The number of aryl methyl sites for hydroxylation is 1. The number of halogens is 4. The van der Waals surface area contributed by atoms with Gasteiger partial charge in [0.15, 0.2) is 0 Å². The molecule has 34 heavy (non-hydrogen) atoms. The van der Waals surface area contributed by atoms with Gasteiger partial charge in [0.05, 0.1) is 32.2 Å². The number of sulfonamides is 1. The highest BCUT2D eigenvalue weighted by molar-refractivity contribution is 7.92. The highest BCUT2D eigenvalue weighted by atomic mass is 35.5. The lowest BCUT2D eigenvalue weighted by atomic mass is 9.99. The van der Waals surface area contributed by atoms with Gasteiger partial charge in [-0.3, -0.25) is 14.3 Å². The van der Waals surface area contributed by atoms with Crippen molar-refractivity contribution in [3.05, 3.63) is 91.5 Å². The highest BCUT2D eigenvalue weighted by Crippen LogP contribution is 2.40. The van der Waals surface area contributed by atoms with E-state index in [0.29, 0.717) is 0 Å². The van der Waals surface area contributed by atoms with Crippen LogP contribution in [0.15, 0.2) is 69.1 Å². The van der Waals surface area contributed by atoms with E-state index in [-0.39, 0.29) is 43.3 Å². The molecular weight excluding hydrogens is 495 g/mol. The van der Waals surface area contributed by atoms with E-state index in [4.69, 9.17) is 11.6 Å². The van der Waals surface area contributed by atoms with E-state index in [0.717, 1.165) is 6.07 Å². The lowest BCUT2D eigenvalue weighted by Gasteiger charge is -2.15. The lowest BCUT2D eigenvalue weighted by molar-refractivity contribution is -0.137. The van der Waals surface area contributed by atoms with Gasteiger partial charge in [0.1, 0.15) is 0 Å². The van der Waals surface area contributed by atoms with Crippen LogP contribution in [0, 0.1) is 6.92 Å². The molecule has 1 aromatic heterocycles. The topological polar surface area (TPSA) is 112 Å². The Labute approximate surface area is 195 Å². The summed E-state index contributed by atoms with van der Waals surface area (Å²) in [6.07, 6.45) is -4.60. The number of alkyl halides is 3. The maximum Gasteiger partial charge on any atom is 0.417 e. The van der Waals surface area contributed by atoms with Crippen LogP contribution in [-0.2, 0) is 16.2 Å². The van der Waals surface area contributed by atoms with Gasteiger partial charge < -0.3 is 9.97 Å². The van der Waals surface area contributed by atoms with Crippen molar-refractivity contribution in [1.29, 1.82) is 0 Å². The van der Waals surface area contributed by atoms with E-state index in [1.54, 1.807) is 0 Å². The normalized spacial score (nSPS) is 12.1. The molecule has 0 spiro atoms. The molecule has 4 aromatic rings. The standard InChI is InChI=1S/C22H15ClF3N3O4S/c1-11-8-17-18(28-21(31)20(30)27-17)10-19(11)34(32,33)29-12-6-7-14(16(23)9-12)13-4-2-3-5-15(13)22(24,25)26/h2-10,29H,1H3,(H,27,30)(H,28,31). The summed E-state index contributed by atoms with van der Waals surface area (Å²) in [5.74, 6) is 0. The summed E-state index contributed by atoms with van der Waals surface area (Å²) >= 11 is 6.23. The van der Waals surface area contributed by atoms with E-state index < -0.39 is 32.9 Å². The first-order valence-electron chi connectivity index (χ1n) is 9.63. The fraction of sp³-hybridized carbons (Fsp3) is 0.0909. The van der Waals surface area contributed by atoms with Gasteiger partial charge in [0.25, 0.3) is 10.0 Å². The Kier molecular flexibility index (Phi) is 5.78. The molecule has 0 unspecified atom stereocenters. The Morgan fingerprint density at radius 3 is 2.12 bits per heavy atom. The number of anilines is 1. The molecule has 0 saturated carbocycles. The SMILES string of the molecule is Cc1cc2[nH]c(=O)c(=O)[nH]c2cc1S(=O)(=O)Nc1ccc(-c2ccccc2C(F)(F)F)c(Cl)c1. The Morgan fingerprint density at radius 1 is 0.882 bits per heavy atom. The molecule has 0 saturated heterocycles. The molecule has 0 bridgehead atoms. The number of aromatic amines is 2. The second kappa shape index (κ2) is 8.33. The smallest absolute Gasteiger partial charge is 0.316 e. The van der Waals surface area contributed by atoms with Crippen LogP contribution in [0.25, 0.3) is 22.2 Å². The van der Waals surface area contributed by atoms with Crippen LogP contribution >= 0.6 is 11.6 Å². The van der Waals surface area contributed by atoms with E-state index in [2.05, 4.69) is 14.7 Å². The summed E-state index contributed by atoms with van der Waals surface area (Å²) in [7, 11) is -4.19. The van der Waals surface area contributed by atoms with Crippen LogP contribution < -0.4 is 15.8 Å². The summed E-state index contributed by atoms with van der Waals surface area (Å²) in [6.45, 7) is 1.50. The van der Waals surface area contributed by atoms with E-state index >= 15 is 0 Å². The van der Waals surface area contributed by atoms with Crippen LogP contribution in [0.2, 0.25) is 5.02 Å². The Balaban J connectivity index is 1.72. The number of aromatic nitrogens is 2. The van der Waals surface area contributed by atoms with Crippen LogP contribution in [0.1, 0.15) is 11.1 Å². The monoisotopic (exact) mass is 509 g/mol. The number of benzene rings is 3. The second-order valence-electron chi connectivity index (χ2n) is 7.42. The van der Waals surface area contributed by atoms with Gasteiger partial charge in [-0.1, -0.05) is 35.9 Å². The Hall–Kier alpha value is -3.57. The number of fused-ring (bicyclic) bond motifs is 1. The van der Waals surface area contributed by atoms with Crippen molar-refractivity contribution in [2.45, 2.75) is 18.0 Å². The minimum atomic E-state index is -4.60. The van der Waals surface area contributed by atoms with E-state index in [1.165, 1.54) is 55.5 Å². The Morgan fingerprint density at radius 2 is 1.50 bits per heavy atom. The van der Waals surface area contributed by atoms with Crippen LogP contribution in [0.5, 0.6) is 0 Å². The maximum absolute atomic E-state index is 13.4. The third-order valence-electron chi connectivity index (χ3n) is 5.05. The van der Waals surface area contributed by atoms with Crippen molar-refractivity contribution in [3.8, 4) is 11.1 Å². The van der Waals surface area contributed by atoms with Gasteiger partial charge in [0, 0.05) is 5.56 Å². The summed E-state index contributed by atoms with van der Waals surface area (Å²) in [6, 6.07) is 11.3. The molecule has 4 rings (SSSR count). The molecule has 0 fully saturated rings. The maximum atomic E-state index is 13.4. The molecule has 3 N–H and O–H groups in total. The summed E-state index contributed by atoms with van der Waals surface area (Å²) in [4.78, 5) is 27.6. The van der Waals surface area contributed by atoms with E-state index in [9.17, 15) is 31.2 Å². The molecule has 0 atom stereocenters. The number of H-pyrrole nitrogens is 2. The summed E-state index contributed by atoms with van der Waals surface area (Å²) < 4.78 is 68.5. The van der Waals surface area contributed by atoms with Crippen molar-refractivity contribution in [2.24, 2.45) is 0 Å². The largest absolute Gasteiger partial charge is 0.417 e. The fourth-order valence-electron chi connectivity index (χ4n) is 3.51. The third-order valence-corrected chi connectivity index (χ3v) is 6.89. The van der Waals surface area contributed by atoms with Crippen molar-refractivity contribution >= 4 is 38.3 Å². The Bertz CT molecular complexity index is 1660. The predicted octanol–water partition coefficient (Wildman–Crippen LogP) is 4.66. The van der Waals surface area contributed by atoms with Gasteiger partial charge in [-0.15, -0.1) is 0 Å². The van der Waals surface area contributed by atoms with Crippen molar-refractivity contribution in [1.82, 2.24) is 9.97 Å². The summed E-state index contributed by atoms with van der Waals surface area (Å²) in [5, 5.41) is -0.0889. The predicted molar refractivity (Wildman–Crippen MR) is 123 cm³/mol. The van der Waals surface area contributed by atoms with Gasteiger partial charge >= 0.3 is 17.3 Å². The average Bonchev–Trinajstić information content (AvgIpc) is 2.74. The minimum absolute atomic E-state index is 0.0210. The molecule has 0 aliphatic heterocycles. The van der Waals surface area contributed by atoms with Crippen molar-refractivity contribution in [2.75, 3.05) is 4.72 Å². The average molecular weight is 510 g/mol. The first kappa shape index (κ1) is 23.6. The molecular formula is C22H15ClF3N3O4S. The molecule has 0 amide bonds. The highest BCUT2D eigenvalue weighted by Gasteiger charge is 2.33. The minimum Gasteiger partial charge on any atom is -0.316 e. The second-order valence-corrected chi connectivity index (χ2v) is 9.47. The molecule has 12 heteroatoms. The third kappa shape index (κ3) is 4.44. The molecule has 3 aromatic carbocycles. The van der Waals surface area contributed by atoms with Gasteiger partial charge in [-0.05, 0) is 48.4 Å². The first-order valence-corrected chi connectivity index (χ1v) is 11.5. The zero-order valence-corrected chi connectivity index (χ0v) is 18.8. The number of hydrogen-bond acceptors (Lipinski definition) is 4. The zero-order valence-electron chi connectivity index (χ0n) is 17.2. The molecule has 7 nitrogen and oxygen atoms in total. The van der Waals surface area contributed by atoms with E-state index in [1.807, 2.05) is 0 Å². The lowest BCUT2D eigenvalue weighted by Crippen LogP contribution is -2.29. The number of nitrogens with one attached hydrogen (secondary N) is 3. The van der Waals surface area contributed by atoms with Crippen LogP contribution in [0.4, 0.5) is 18.9 Å². The summed E-state index contributed by atoms with van der Waals surface area (Å²) in [5.41, 5.74) is -2.08. The number of rotatable bonds is 4. The molecule has 0 aliphatic carbocycles. The van der Waals surface area contributed by atoms with Crippen molar-refractivity contribution < 1.29 is 21.6 Å². The van der Waals surface area contributed by atoms with Gasteiger partial charge in [-0.25, -0.2) is 8.42 Å². The molecule has 0 radical (unpaired) electrons. The number of hydrogen-bond donors (Lipinski definition) is 3. The quantitative estimate of drug-likeness (QED) is 0.347.